The number of hydrogen-bond acceptors (Lipinski definition) is 3. The maximum absolute atomic E-state index is 12.0. The Balaban J connectivity index is 1.96. The molecule has 1 atom stereocenters. The summed E-state index contributed by atoms with van der Waals surface area (Å²) in [6, 6.07) is 20.8. The number of sulfone groups is 1. The van der Waals surface area contributed by atoms with Gasteiger partial charge in [0, 0.05) is 12.8 Å². The summed E-state index contributed by atoms with van der Waals surface area (Å²) in [6.45, 7) is 1.54. The van der Waals surface area contributed by atoms with Gasteiger partial charge in [0.05, 0.1) is 11.3 Å². The predicted molar refractivity (Wildman–Crippen MR) is 94.2 cm³/mol. The molecule has 0 N–H and O–H groups in total. The molecule has 1 saturated heterocycles. The molecule has 0 unspecified atom stereocenters. The molecule has 0 bridgehead atoms. The van der Waals surface area contributed by atoms with Gasteiger partial charge in [0.1, 0.15) is 0 Å². The van der Waals surface area contributed by atoms with Crippen LogP contribution in [0.5, 0.6) is 0 Å². The lowest BCUT2D eigenvalue weighted by molar-refractivity contribution is 0.189. The van der Waals surface area contributed by atoms with Crippen LogP contribution in [0.1, 0.15) is 30.0 Å². The molecule has 0 spiro atoms. The van der Waals surface area contributed by atoms with E-state index in [0.29, 0.717) is 6.54 Å². The van der Waals surface area contributed by atoms with Crippen molar-refractivity contribution in [3.05, 3.63) is 71.8 Å². The first-order valence-electron chi connectivity index (χ1n) is 8.08. The Morgan fingerprint density at radius 1 is 0.957 bits per heavy atom. The quantitative estimate of drug-likeness (QED) is 0.864. The molecule has 0 aliphatic carbocycles. The normalized spacial score (nSPS) is 19.8. The largest absolute Gasteiger partial charge is 0.291 e. The van der Waals surface area contributed by atoms with E-state index >= 15 is 0 Å². The van der Waals surface area contributed by atoms with E-state index in [2.05, 4.69) is 29.2 Å². The number of rotatable bonds is 4. The summed E-state index contributed by atoms with van der Waals surface area (Å²) in [5, 5.41) is -0.258. The maximum Gasteiger partial charge on any atom is 0.151 e. The molecule has 3 nitrogen and oxygen atoms in total. The van der Waals surface area contributed by atoms with Gasteiger partial charge >= 0.3 is 0 Å². The molecule has 0 saturated carbocycles. The highest BCUT2D eigenvalue weighted by Gasteiger charge is 2.32. The van der Waals surface area contributed by atoms with Crippen molar-refractivity contribution < 1.29 is 8.42 Å². The van der Waals surface area contributed by atoms with Gasteiger partial charge in [0.25, 0.3) is 0 Å². The molecule has 2 aromatic rings. The Morgan fingerprint density at radius 3 is 1.96 bits per heavy atom. The van der Waals surface area contributed by atoms with E-state index in [1.807, 2.05) is 36.4 Å². The third kappa shape index (κ3) is 3.82. The van der Waals surface area contributed by atoms with Crippen LogP contribution in [0.15, 0.2) is 60.7 Å². The van der Waals surface area contributed by atoms with Crippen LogP contribution in [0.3, 0.4) is 0 Å². The number of hydrogen-bond donors (Lipinski definition) is 0. The third-order valence-electron chi connectivity index (χ3n) is 4.61. The lowest BCUT2D eigenvalue weighted by Gasteiger charge is -2.38. The molecule has 1 aliphatic heterocycles. The van der Waals surface area contributed by atoms with Crippen molar-refractivity contribution in [3.8, 4) is 0 Å². The van der Waals surface area contributed by atoms with Crippen LogP contribution in [0.25, 0.3) is 0 Å². The van der Waals surface area contributed by atoms with Crippen LogP contribution >= 0.6 is 0 Å². The van der Waals surface area contributed by atoms with Crippen molar-refractivity contribution in [2.24, 2.45) is 0 Å². The minimum atomic E-state index is -3.00. The standard InChI is InChI=1S/C19H23NO2S/c1-23(21,22)18-13-8-14-20(15-18)19(16-9-4-2-5-10-16)17-11-6-3-7-12-17/h2-7,9-12,18-19H,8,13-15H2,1H3/t18-/m1/s1. The molecule has 2 aromatic carbocycles. The van der Waals surface area contributed by atoms with E-state index in [-0.39, 0.29) is 11.3 Å². The minimum absolute atomic E-state index is 0.113. The van der Waals surface area contributed by atoms with Crippen molar-refractivity contribution in [1.82, 2.24) is 4.90 Å². The van der Waals surface area contributed by atoms with Gasteiger partial charge < -0.3 is 0 Å². The molecule has 1 fully saturated rings. The number of likely N-dealkylation sites (tertiary alicyclic amines) is 1. The van der Waals surface area contributed by atoms with Crippen LogP contribution in [0, 0.1) is 0 Å². The van der Waals surface area contributed by atoms with Crippen LogP contribution in [-0.2, 0) is 9.84 Å². The summed E-state index contributed by atoms with van der Waals surface area (Å²) in [5.41, 5.74) is 2.43. The Morgan fingerprint density at radius 2 is 1.48 bits per heavy atom. The summed E-state index contributed by atoms with van der Waals surface area (Å²) < 4.78 is 24.0. The van der Waals surface area contributed by atoms with Crippen molar-refractivity contribution in [1.29, 1.82) is 0 Å². The Bertz CT molecular complexity index is 689. The summed E-state index contributed by atoms with van der Waals surface area (Å²) in [7, 11) is -3.00. The molecule has 3 rings (SSSR count). The van der Waals surface area contributed by atoms with Gasteiger partial charge in [0.15, 0.2) is 9.84 Å². The Kier molecular flexibility index (Phi) is 4.83. The Hall–Kier alpha value is -1.65. The second-order valence-corrected chi connectivity index (χ2v) is 8.64. The first-order valence-corrected chi connectivity index (χ1v) is 10.0. The van der Waals surface area contributed by atoms with E-state index in [1.54, 1.807) is 0 Å². The average Bonchev–Trinajstić information content (AvgIpc) is 2.57. The fourth-order valence-corrected chi connectivity index (χ4v) is 4.49. The smallest absolute Gasteiger partial charge is 0.151 e. The van der Waals surface area contributed by atoms with Gasteiger partial charge in [-0.05, 0) is 30.5 Å². The van der Waals surface area contributed by atoms with E-state index in [4.69, 9.17) is 0 Å². The molecule has 0 aromatic heterocycles. The van der Waals surface area contributed by atoms with E-state index in [0.717, 1.165) is 19.4 Å². The first kappa shape index (κ1) is 16.2. The molecular weight excluding hydrogens is 306 g/mol. The van der Waals surface area contributed by atoms with E-state index in [9.17, 15) is 8.42 Å². The summed E-state index contributed by atoms with van der Waals surface area (Å²) >= 11 is 0. The van der Waals surface area contributed by atoms with Crippen LogP contribution < -0.4 is 0 Å². The molecule has 23 heavy (non-hydrogen) atoms. The second-order valence-electron chi connectivity index (χ2n) is 6.31. The monoisotopic (exact) mass is 329 g/mol. The van der Waals surface area contributed by atoms with Gasteiger partial charge in [-0.3, -0.25) is 4.90 Å². The molecule has 122 valence electrons. The SMILES string of the molecule is CS(=O)(=O)[C@@H]1CCCN(C(c2ccccc2)c2ccccc2)C1. The zero-order chi connectivity index (χ0) is 16.3. The van der Waals surface area contributed by atoms with Crippen LogP contribution in [0.2, 0.25) is 0 Å². The predicted octanol–water partition coefficient (Wildman–Crippen LogP) is 3.29. The van der Waals surface area contributed by atoms with Gasteiger partial charge in [-0.25, -0.2) is 8.42 Å². The maximum atomic E-state index is 12.0. The van der Waals surface area contributed by atoms with Crippen LogP contribution in [-0.4, -0.2) is 37.9 Å². The third-order valence-corrected chi connectivity index (χ3v) is 6.21. The molecule has 1 heterocycles. The second kappa shape index (κ2) is 6.85. The molecule has 0 radical (unpaired) electrons. The number of piperidine rings is 1. The fraction of sp³-hybridized carbons (Fsp3) is 0.368. The highest BCUT2D eigenvalue weighted by Crippen LogP contribution is 2.32. The lowest BCUT2D eigenvalue weighted by Crippen LogP contribution is -2.44. The summed E-state index contributed by atoms with van der Waals surface area (Å²) in [5.74, 6) is 0. The van der Waals surface area contributed by atoms with Gasteiger partial charge in [0.2, 0.25) is 0 Å². The van der Waals surface area contributed by atoms with Crippen molar-refractivity contribution >= 4 is 9.84 Å². The van der Waals surface area contributed by atoms with Crippen molar-refractivity contribution in [2.75, 3.05) is 19.3 Å². The molecule has 4 heteroatoms. The minimum Gasteiger partial charge on any atom is -0.291 e. The topological polar surface area (TPSA) is 37.4 Å². The zero-order valence-electron chi connectivity index (χ0n) is 13.4. The average molecular weight is 329 g/mol. The number of benzene rings is 2. The molecule has 0 amide bonds. The van der Waals surface area contributed by atoms with Gasteiger partial charge in [-0.1, -0.05) is 60.7 Å². The zero-order valence-corrected chi connectivity index (χ0v) is 14.2. The molecular formula is C19H23NO2S. The Labute approximate surface area is 138 Å². The van der Waals surface area contributed by atoms with Crippen molar-refractivity contribution in [3.63, 3.8) is 0 Å². The summed E-state index contributed by atoms with van der Waals surface area (Å²) in [6.07, 6.45) is 3.06. The highest BCUT2D eigenvalue weighted by atomic mass is 32.2. The number of nitrogens with zero attached hydrogens (tertiary/aromatic N) is 1. The van der Waals surface area contributed by atoms with Gasteiger partial charge in [-0.15, -0.1) is 0 Å². The molecule has 1 aliphatic rings. The lowest BCUT2D eigenvalue weighted by atomic mass is 9.95. The highest BCUT2D eigenvalue weighted by molar-refractivity contribution is 7.91. The van der Waals surface area contributed by atoms with Crippen molar-refractivity contribution in [2.45, 2.75) is 24.1 Å². The summed E-state index contributed by atoms with van der Waals surface area (Å²) in [4.78, 5) is 2.32. The first-order chi connectivity index (χ1) is 11.1. The van der Waals surface area contributed by atoms with Crippen LogP contribution in [0.4, 0.5) is 0 Å². The van der Waals surface area contributed by atoms with E-state index < -0.39 is 9.84 Å². The van der Waals surface area contributed by atoms with Gasteiger partial charge in [-0.2, -0.15) is 0 Å². The fourth-order valence-electron chi connectivity index (χ4n) is 3.43. The van der Waals surface area contributed by atoms with E-state index in [1.165, 1.54) is 17.4 Å².